The second-order valence-electron chi connectivity index (χ2n) is 2.75. The molecule has 1 aromatic heterocycles. The Hall–Kier alpha value is -1.34. The molecule has 0 aromatic carbocycles. The fourth-order valence-electron chi connectivity index (χ4n) is 0.848. The van der Waals surface area contributed by atoms with Crippen LogP contribution in [0.2, 0.25) is 4.34 Å². The van der Waals surface area contributed by atoms with Gasteiger partial charge in [-0.3, -0.25) is 0 Å². The molecule has 0 saturated heterocycles. The normalized spacial score (nSPS) is 11.5. The highest BCUT2D eigenvalue weighted by atomic mass is 35.5. The number of carboxylic acid groups (broad SMARTS) is 1. The molecule has 0 bridgehead atoms. The Balaban J connectivity index is 2.98. The summed E-state index contributed by atoms with van der Waals surface area (Å²) in [6.07, 6.45) is 0.726. The van der Waals surface area contributed by atoms with Crippen molar-refractivity contribution in [2.24, 2.45) is 5.16 Å². The topological polar surface area (TPSA) is 97.8 Å². The first-order valence-corrected chi connectivity index (χ1v) is 5.61. The van der Waals surface area contributed by atoms with Crippen molar-refractivity contribution in [2.45, 2.75) is 13.3 Å². The van der Waals surface area contributed by atoms with Crippen LogP contribution in [0.3, 0.4) is 0 Å². The summed E-state index contributed by atoms with van der Waals surface area (Å²) in [5.74, 6) is -1.26. The van der Waals surface area contributed by atoms with Gasteiger partial charge in [0.2, 0.25) is 5.71 Å². The van der Waals surface area contributed by atoms with Crippen LogP contribution in [-0.4, -0.2) is 28.4 Å². The van der Waals surface area contributed by atoms with Crippen LogP contribution in [0.1, 0.15) is 19.0 Å². The first-order chi connectivity index (χ1) is 7.56. The van der Waals surface area contributed by atoms with E-state index in [0.29, 0.717) is 6.61 Å². The number of carbonyl (C=O) groups is 1. The summed E-state index contributed by atoms with van der Waals surface area (Å²) in [5.41, 5.74) is 5.10. The fourth-order valence-corrected chi connectivity index (χ4v) is 1.78. The van der Waals surface area contributed by atoms with Crippen LogP contribution in [0, 0.1) is 0 Å². The molecular weight excluding hydrogens is 254 g/mol. The number of aliphatic carboxylic acids is 1. The molecule has 1 aromatic rings. The van der Waals surface area contributed by atoms with Crippen molar-refractivity contribution in [1.82, 2.24) is 4.98 Å². The van der Waals surface area contributed by atoms with E-state index in [2.05, 4.69) is 10.1 Å². The van der Waals surface area contributed by atoms with Crippen molar-refractivity contribution in [1.29, 1.82) is 0 Å². The second kappa shape index (κ2) is 5.66. The molecule has 0 aliphatic carbocycles. The summed E-state index contributed by atoms with van der Waals surface area (Å²) in [4.78, 5) is 19.5. The van der Waals surface area contributed by atoms with Gasteiger partial charge in [-0.15, -0.1) is 0 Å². The van der Waals surface area contributed by atoms with E-state index in [1.807, 2.05) is 6.92 Å². The molecule has 16 heavy (non-hydrogen) atoms. The molecular formula is C8H10ClN3O3S. The number of halogens is 1. The maximum atomic E-state index is 10.9. The minimum Gasteiger partial charge on any atom is -0.476 e. The number of anilines is 1. The van der Waals surface area contributed by atoms with Gasteiger partial charge in [0.15, 0.2) is 5.13 Å². The van der Waals surface area contributed by atoms with Gasteiger partial charge < -0.3 is 15.7 Å². The molecule has 0 unspecified atom stereocenters. The van der Waals surface area contributed by atoms with E-state index < -0.39 is 5.97 Å². The van der Waals surface area contributed by atoms with Crippen LogP contribution in [0.5, 0.6) is 0 Å². The molecule has 8 heteroatoms. The molecule has 1 rings (SSSR count). The highest BCUT2D eigenvalue weighted by Crippen LogP contribution is 2.26. The van der Waals surface area contributed by atoms with Gasteiger partial charge in [-0.2, -0.15) is 0 Å². The highest BCUT2D eigenvalue weighted by molar-refractivity contribution is 7.19. The molecule has 0 fully saturated rings. The predicted octanol–water partition coefficient (Wildman–Crippen LogP) is 1.59. The first-order valence-electron chi connectivity index (χ1n) is 4.41. The summed E-state index contributed by atoms with van der Waals surface area (Å²) >= 11 is 6.76. The lowest BCUT2D eigenvalue weighted by molar-refractivity contribution is -0.129. The minimum absolute atomic E-state index is 0.0350. The van der Waals surface area contributed by atoms with Crippen molar-refractivity contribution in [3.63, 3.8) is 0 Å². The largest absolute Gasteiger partial charge is 0.476 e. The molecule has 0 saturated carbocycles. The quantitative estimate of drug-likeness (QED) is 0.478. The van der Waals surface area contributed by atoms with Crippen LogP contribution in [0.25, 0.3) is 0 Å². The Morgan fingerprint density at radius 2 is 2.44 bits per heavy atom. The molecule has 0 spiro atoms. The number of nitrogen functional groups attached to an aromatic ring is 1. The third kappa shape index (κ3) is 3.07. The van der Waals surface area contributed by atoms with Crippen molar-refractivity contribution < 1.29 is 14.7 Å². The average molecular weight is 264 g/mol. The van der Waals surface area contributed by atoms with E-state index in [9.17, 15) is 4.79 Å². The molecule has 0 aliphatic rings. The summed E-state index contributed by atoms with van der Waals surface area (Å²) in [6.45, 7) is 2.21. The zero-order valence-electron chi connectivity index (χ0n) is 8.44. The van der Waals surface area contributed by atoms with E-state index in [0.717, 1.165) is 17.8 Å². The van der Waals surface area contributed by atoms with Gasteiger partial charge in [-0.05, 0) is 6.42 Å². The van der Waals surface area contributed by atoms with Gasteiger partial charge in [-0.25, -0.2) is 9.78 Å². The van der Waals surface area contributed by atoms with Gasteiger partial charge in [0, 0.05) is 0 Å². The van der Waals surface area contributed by atoms with Gasteiger partial charge in [0.25, 0.3) is 0 Å². The molecule has 1 heterocycles. The third-order valence-electron chi connectivity index (χ3n) is 1.48. The highest BCUT2D eigenvalue weighted by Gasteiger charge is 2.21. The summed E-state index contributed by atoms with van der Waals surface area (Å²) in [7, 11) is 0. The number of oxime groups is 1. The van der Waals surface area contributed by atoms with Crippen LogP contribution >= 0.6 is 22.9 Å². The number of thiazole rings is 1. The molecule has 0 aliphatic heterocycles. The number of rotatable bonds is 5. The molecule has 6 nitrogen and oxygen atoms in total. The molecule has 0 amide bonds. The minimum atomic E-state index is -1.26. The van der Waals surface area contributed by atoms with Crippen molar-refractivity contribution >= 4 is 39.8 Å². The zero-order valence-corrected chi connectivity index (χ0v) is 10.0. The molecule has 88 valence electrons. The monoisotopic (exact) mass is 263 g/mol. The van der Waals surface area contributed by atoms with Crippen LogP contribution < -0.4 is 5.73 Å². The number of aromatic nitrogens is 1. The van der Waals surface area contributed by atoms with E-state index in [4.69, 9.17) is 27.3 Å². The number of hydrogen-bond donors (Lipinski definition) is 2. The fraction of sp³-hybridized carbons (Fsp3) is 0.375. The Morgan fingerprint density at radius 1 is 1.75 bits per heavy atom. The Bertz CT molecular complexity index is 419. The van der Waals surface area contributed by atoms with E-state index in [1.54, 1.807) is 0 Å². The SMILES string of the molecule is CCCON=C(C(=O)O)c1nc(N)sc1Cl. The number of nitrogens with zero attached hydrogens (tertiary/aromatic N) is 2. The van der Waals surface area contributed by atoms with Gasteiger partial charge in [0.05, 0.1) is 0 Å². The summed E-state index contributed by atoms with van der Waals surface area (Å²) in [6, 6.07) is 0. The lowest BCUT2D eigenvalue weighted by Gasteiger charge is -1.99. The Morgan fingerprint density at radius 3 is 2.88 bits per heavy atom. The van der Waals surface area contributed by atoms with Gasteiger partial charge in [0.1, 0.15) is 16.6 Å². The molecule has 3 N–H and O–H groups in total. The zero-order chi connectivity index (χ0) is 12.1. The van der Waals surface area contributed by atoms with Gasteiger partial charge >= 0.3 is 5.97 Å². The third-order valence-corrected chi connectivity index (χ3v) is 2.56. The summed E-state index contributed by atoms with van der Waals surface area (Å²) in [5, 5.41) is 12.6. The number of carboxylic acids is 1. The lowest BCUT2D eigenvalue weighted by Crippen LogP contribution is -2.16. The maximum Gasteiger partial charge on any atom is 0.360 e. The van der Waals surface area contributed by atoms with E-state index >= 15 is 0 Å². The lowest BCUT2D eigenvalue weighted by atomic mass is 10.3. The van der Waals surface area contributed by atoms with E-state index in [-0.39, 0.29) is 20.9 Å². The first kappa shape index (κ1) is 12.7. The van der Waals surface area contributed by atoms with Crippen LogP contribution in [0.4, 0.5) is 5.13 Å². The second-order valence-corrected chi connectivity index (χ2v) is 4.39. The summed E-state index contributed by atoms with van der Waals surface area (Å²) < 4.78 is 0.179. The smallest absolute Gasteiger partial charge is 0.360 e. The van der Waals surface area contributed by atoms with Crippen molar-refractivity contribution in [2.75, 3.05) is 12.3 Å². The standard InChI is InChI=1S/C8H10ClN3O3S/c1-2-3-15-12-5(7(13)14)4-6(9)16-8(10)11-4/h2-3H2,1H3,(H2,10,11)(H,13,14). The Labute approximate surface area is 101 Å². The van der Waals surface area contributed by atoms with Gasteiger partial charge in [-0.1, -0.05) is 35.0 Å². The van der Waals surface area contributed by atoms with Crippen molar-refractivity contribution in [3.05, 3.63) is 10.0 Å². The maximum absolute atomic E-state index is 10.9. The number of nitrogens with two attached hydrogens (primary N) is 1. The van der Waals surface area contributed by atoms with Crippen LogP contribution in [0.15, 0.2) is 5.16 Å². The molecule has 0 atom stereocenters. The average Bonchev–Trinajstić information content (AvgIpc) is 2.52. The van der Waals surface area contributed by atoms with Crippen molar-refractivity contribution in [3.8, 4) is 0 Å². The molecule has 0 radical (unpaired) electrons. The van der Waals surface area contributed by atoms with E-state index in [1.165, 1.54) is 0 Å². The van der Waals surface area contributed by atoms with Crippen LogP contribution in [-0.2, 0) is 9.63 Å². The predicted molar refractivity (Wildman–Crippen MR) is 62.0 cm³/mol. The number of hydrogen-bond acceptors (Lipinski definition) is 6. The Kier molecular flexibility index (Phi) is 4.51.